The molecule has 0 unspecified atom stereocenters. The summed E-state index contributed by atoms with van der Waals surface area (Å²) in [6, 6.07) is 10.2. The second-order valence-corrected chi connectivity index (χ2v) is 6.93. The van der Waals surface area contributed by atoms with Crippen LogP contribution < -0.4 is 5.14 Å². The number of rotatable bonds is 6. The van der Waals surface area contributed by atoms with Gasteiger partial charge in [0.25, 0.3) is 10.0 Å². The lowest BCUT2D eigenvalue weighted by Gasteiger charge is -2.09. The van der Waals surface area contributed by atoms with Crippen LogP contribution in [0.4, 0.5) is 0 Å². The Balaban J connectivity index is 2.10. The van der Waals surface area contributed by atoms with Crippen LogP contribution in [0.1, 0.15) is 37.6 Å². The van der Waals surface area contributed by atoms with Crippen LogP contribution in [-0.2, 0) is 23.0 Å². The third-order valence-electron chi connectivity index (χ3n) is 3.30. The molecule has 0 bridgehead atoms. The number of benzene rings is 1. The maximum absolute atomic E-state index is 11.4. The predicted molar refractivity (Wildman–Crippen MR) is 82.5 cm³/mol. The highest BCUT2D eigenvalue weighted by Crippen LogP contribution is 2.17. The molecule has 1 aromatic carbocycles. The van der Waals surface area contributed by atoms with Crippen LogP contribution >= 0.6 is 0 Å². The maximum atomic E-state index is 11.4. The highest BCUT2D eigenvalue weighted by atomic mass is 32.2. The van der Waals surface area contributed by atoms with Gasteiger partial charge in [-0.25, -0.2) is 18.5 Å². The van der Waals surface area contributed by atoms with Crippen molar-refractivity contribution in [3.05, 3.63) is 47.9 Å². The normalized spacial score (nSPS) is 12.0. The van der Waals surface area contributed by atoms with Crippen LogP contribution in [0.3, 0.4) is 0 Å². The van der Waals surface area contributed by atoms with Crippen molar-refractivity contribution in [2.24, 2.45) is 5.14 Å². The molecule has 0 amide bonds. The maximum Gasteiger partial charge on any atom is 0.257 e. The van der Waals surface area contributed by atoms with Crippen molar-refractivity contribution < 1.29 is 8.42 Å². The van der Waals surface area contributed by atoms with Crippen molar-refractivity contribution >= 4 is 10.0 Å². The standard InChI is InChI=1S/C15H21N3O2S/c1-12(2)15-17-14(21(16,19)20)11-18(15)10-6-9-13-7-4-3-5-8-13/h3-5,7-8,11-12H,6,9-10H2,1-2H3,(H2,16,19,20). The summed E-state index contributed by atoms with van der Waals surface area (Å²) in [4.78, 5) is 4.16. The highest BCUT2D eigenvalue weighted by Gasteiger charge is 2.17. The van der Waals surface area contributed by atoms with Crippen LogP contribution in [0.15, 0.2) is 41.6 Å². The largest absolute Gasteiger partial charge is 0.333 e. The van der Waals surface area contributed by atoms with Gasteiger partial charge in [-0.2, -0.15) is 0 Å². The summed E-state index contributed by atoms with van der Waals surface area (Å²) in [5.41, 5.74) is 1.27. The molecule has 21 heavy (non-hydrogen) atoms. The summed E-state index contributed by atoms with van der Waals surface area (Å²) in [5, 5.41) is 5.11. The summed E-state index contributed by atoms with van der Waals surface area (Å²) >= 11 is 0. The van der Waals surface area contributed by atoms with E-state index in [-0.39, 0.29) is 10.9 Å². The van der Waals surface area contributed by atoms with Gasteiger partial charge in [0.05, 0.1) is 0 Å². The zero-order chi connectivity index (χ0) is 15.5. The minimum atomic E-state index is -3.75. The molecule has 0 atom stereocenters. The van der Waals surface area contributed by atoms with Crippen LogP contribution in [0, 0.1) is 0 Å². The topological polar surface area (TPSA) is 78.0 Å². The lowest BCUT2D eigenvalue weighted by molar-refractivity contribution is 0.589. The molecule has 0 aliphatic carbocycles. The molecule has 114 valence electrons. The predicted octanol–water partition coefficient (Wildman–Crippen LogP) is 2.29. The van der Waals surface area contributed by atoms with Crippen molar-refractivity contribution in [2.75, 3.05) is 0 Å². The SMILES string of the molecule is CC(C)c1nc(S(N)(=O)=O)cn1CCCc1ccccc1. The van der Waals surface area contributed by atoms with E-state index in [1.165, 1.54) is 11.8 Å². The van der Waals surface area contributed by atoms with Crippen LogP contribution in [0.5, 0.6) is 0 Å². The van der Waals surface area contributed by atoms with Gasteiger partial charge in [0, 0.05) is 18.7 Å². The molecule has 2 N–H and O–H groups in total. The van der Waals surface area contributed by atoms with E-state index in [0.717, 1.165) is 25.2 Å². The van der Waals surface area contributed by atoms with Gasteiger partial charge in [-0.1, -0.05) is 44.2 Å². The molecule has 0 saturated heterocycles. The van der Waals surface area contributed by atoms with Crippen LogP contribution in [-0.4, -0.2) is 18.0 Å². The van der Waals surface area contributed by atoms with Gasteiger partial charge in [-0.3, -0.25) is 0 Å². The van der Waals surface area contributed by atoms with Crippen molar-refractivity contribution in [3.8, 4) is 0 Å². The monoisotopic (exact) mass is 307 g/mol. The van der Waals surface area contributed by atoms with Crippen molar-refractivity contribution in [1.82, 2.24) is 9.55 Å². The third-order valence-corrected chi connectivity index (χ3v) is 4.08. The Hall–Kier alpha value is -1.66. The molecule has 2 rings (SSSR count). The number of aromatic nitrogens is 2. The zero-order valence-electron chi connectivity index (χ0n) is 12.4. The summed E-state index contributed by atoms with van der Waals surface area (Å²) in [6.07, 6.45) is 3.40. The Morgan fingerprint density at radius 3 is 2.48 bits per heavy atom. The lowest BCUT2D eigenvalue weighted by atomic mass is 10.1. The van der Waals surface area contributed by atoms with Gasteiger partial charge in [0.15, 0.2) is 5.03 Å². The first-order chi connectivity index (χ1) is 9.88. The Morgan fingerprint density at radius 2 is 1.90 bits per heavy atom. The Bertz CT molecular complexity index is 691. The highest BCUT2D eigenvalue weighted by molar-refractivity contribution is 7.89. The molecule has 0 radical (unpaired) electrons. The van der Waals surface area contributed by atoms with Crippen LogP contribution in [0.25, 0.3) is 0 Å². The van der Waals surface area contributed by atoms with E-state index >= 15 is 0 Å². The second-order valence-electron chi connectivity index (χ2n) is 5.42. The molecule has 0 spiro atoms. The number of primary sulfonamides is 1. The molecule has 0 fully saturated rings. The molecule has 5 nitrogen and oxygen atoms in total. The quantitative estimate of drug-likeness (QED) is 0.889. The first-order valence-corrected chi connectivity index (χ1v) is 8.56. The fraction of sp³-hybridized carbons (Fsp3) is 0.400. The first-order valence-electron chi connectivity index (χ1n) is 7.01. The number of sulfonamides is 1. The second kappa shape index (κ2) is 6.41. The summed E-state index contributed by atoms with van der Waals surface area (Å²) in [5.74, 6) is 0.907. The number of aryl methyl sites for hydroxylation is 2. The number of nitrogens with two attached hydrogens (primary N) is 1. The van der Waals surface area contributed by atoms with E-state index in [1.54, 1.807) is 0 Å². The molecule has 2 aromatic rings. The van der Waals surface area contributed by atoms with Crippen molar-refractivity contribution in [2.45, 2.75) is 44.2 Å². The molecule has 0 aliphatic heterocycles. The van der Waals surface area contributed by atoms with E-state index in [2.05, 4.69) is 17.1 Å². The van der Waals surface area contributed by atoms with E-state index in [0.29, 0.717) is 0 Å². The lowest BCUT2D eigenvalue weighted by Crippen LogP contribution is -2.12. The van der Waals surface area contributed by atoms with Gasteiger partial charge in [-0.15, -0.1) is 0 Å². The smallest absolute Gasteiger partial charge is 0.257 e. The molecule has 6 heteroatoms. The molecular weight excluding hydrogens is 286 g/mol. The fourth-order valence-electron chi connectivity index (χ4n) is 2.28. The Kier molecular flexibility index (Phi) is 4.80. The van der Waals surface area contributed by atoms with Gasteiger partial charge < -0.3 is 4.57 Å². The number of nitrogens with zero attached hydrogens (tertiary/aromatic N) is 2. The molecule has 1 heterocycles. The van der Waals surface area contributed by atoms with E-state index in [4.69, 9.17) is 5.14 Å². The average molecular weight is 307 g/mol. The number of hydrogen-bond donors (Lipinski definition) is 1. The van der Waals surface area contributed by atoms with Crippen molar-refractivity contribution in [3.63, 3.8) is 0 Å². The van der Waals surface area contributed by atoms with Crippen LogP contribution in [0.2, 0.25) is 0 Å². The number of imidazole rings is 1. The van der Waals surface area contributed by atoms with E-state index in [1.807, 2.05) is 36.6 Å². The molecule has 0 saturated carbocycles. The van der Waals surface area contributed by atoms with Gasteiger partial charge in [0.1, 0.15) is 5.82 Å². The van der Waals surface area contributed by atoms with Gasteiger partial charge in [-0.05, 0) is 18.4 Å². The van der Waals surface area contributed by atoms with E-state index in [9.17, 15) is 8.42 Å². The first kappa shape index (κ1) is 15.7. The Labute approximate surface area is 125 Å². The Morgan fingerprint density at radius 1 is 1.24 bits per heavy atom. The molecule has 1 aromatic heterocycles. The van der Waals surface area contributed by atoms with Gasteiger partial charge in [0.2, 0.25) is 0 Å². The van der Waals surface area contributed by atoms with E-state index < -0.39 is 10.0 Å². The van der Waals surface area contributed by atoms with Gasteiger partial charge >= 0.3 is 0 Å². The third kappa shape index (κ3) is 4.15. The number of hydrogen-bond acceptors (Lipinski definition) is 3. The summed E-state index contributed by atoms with van der Waals surface area (Å²) < 4.78 is 24.7. The average Bonchev–Trinajstić information content (AvgIpc) is 2.84. The summed E-state index contributed by atoms with van der Waals surface area (Å²) in [6.45, 7) is 4.71. The van der Waals surface area contributed by atoms with Crippen molar-refractivity contribution in [1.29, 1.82) is 0 Å². The summed E-state index contributed by atoms with van der Waals surface area (Å²) in [7, 11) is -3.75. The minimum Gasteiger partial charge on any atom is -0.333 e. The minimum absolute atomic E-state index is 0.0501. The fourth-order valence-corrected chi connectivity index (χ4v) is 2.78. The molecular formula is C15H21N3O2S. The molecule has 0 aliphatic rings. The zero-order valence-corrected chi connectivity index (χ0v) is 13.2.